The minimum atomic E-state index is -3.83. The van der Waals surface area contributed by atoms with Crippen LogP contribution in [0.4, 0.5) is 5.69 Å². The molecule has 1 aliphatic carbocycles. The van der Waals surface area contributed by atoms with Crippen LogP contribution in [0.25, 0.3) is 0 Å². The van der Waals surface area contributed by atoms with Crippen LogP contribution in [-0.2, 0) is 26.2 Å². The van der Waals surface area contributed by atoms with Crippen molar-refractivity contribution >= 4 is 27.5 Å². The fourth-order valence-electron chi connectivity index (χ4n) is 4.67. The first-order valence-corrected chi connectivity index (χ1v) is 14.5. The second-order valence-electron chi connectivity index (χ2n) is 9.77. The summed E-state index contributed by atoms with van der Waals surface area (Å²) in [5.41, 5.74) is 2.22. The van der Waals surface area contributed by atoms with Gasteiger partial charge in [0.1, 0.15) is 25.8 Å². The van der Waals surface area contributed by atoms with E-state index in [0.29, 0.717) is 30.4 Å². The van der Waals surface area contributed by atoms with Crippen LogP contribution in [0.1, 0.15) is 43.7 Å². The third kappa shape index (κ3) is 6.74. The lowest BCUT2D eigenvalue weighted by Crippen LogP contribution is -2.52. The molecule has 10 heteroatoms. The number of carbonyl (C=O) groups excluding carboxylic acids is 2. The van der Waals surface area contributed by atoms with Gasteiger partial charge in [0.2, 0.25) is 21.8 Å². The number of aryl methyl sites for hydroxylation is 1. The molecule has 1 unspecified atom stereocenters. The van der Waals surface area contributed by atoms with Crippen LogP contribution in [0.15, 0.2) is 42.5 Å². The average Bonchev–Trinajstić information content (AvgIpc) is 3.38. The normalized spacial score (nSPS) is 16.2. The fourth-order valence-corrected chi connectivity index (χ4v) is 5.51. The summed E-state index contributed by atoms with van der Waals surface area (Å²) in [5, 5.41) is 3.06. The van der Waals surface area contributed by atoms with Crippen LogP contribution in [0.3, 0.4) is 0 Å². The van der Waals surface area contributed by atoms with Crippen LogP contribution in [0.2, 0.25) is 0 Å². The van der Waals surface area contributed by atoms with Gasteiger partial charge in [0.25, 0.3) is 0 Å². The van der Waals surface area contributed by atoms with Crippen molar-refractivity contribution < 1.29 is 27.5 Å². The lowest BCUT2D eigenvalue weighted by molar-refractivity contribution is -0.139. The number of sulfonamides is 1. The number of fused-ring (bicyclic) bond motifs is 1. The standard InChI is InChI=1S/C27H35N3O6S/c1-19-8-10-21(11-9-19)17-29(20(2)27(32)28-22-6-4-5-7-22)26(31)18-30(37(3,33)34)23-12-13-24-25(16-23)36-15-14-35-24/h8-13,16,20,22H,4-7,14-15,17-18H2,1-3H3,(H,28,32). The third-order valence-corrected chi connectivity index (χ3v) is 7.98. The average molecular weight is 530 g/mol. The third-order valence-electron chi connectivity index (χ3n) is 6.84. The van der Waals surface area contributed by atoms with E-state index in [4.69, 9.17) is 9.47 Å². The second-order valence-corrected chi connectivity index (χ2v) is 11.7. The molecule has 0 saturated heterocycles. The number of amides is 2. The van der Waals surface area contributed by atoms with Crippen molar-refractivity contribution in [3.8, 4) is 11.5 Å². The summed E-state index contributed by atoms with van der Waals surface area (Å²) in [5.74, 6) is 0.228. The van der Waals surface area contributed by atoms with Crippen LogP contribution >= 0.6 is 0 Å². The molecule has 1 fully saturated rings. The Labute approximate surface area is 218 Å². The van der Waals surface area contributed by atoms with Crippen LogP contribution < -0.4 is 19.1 Å². The largest absolute Gasteiger partial charge is 0.486 e. The Morgan fingerprint density at radius 3 is 2.32 bits per heavy atom. The maximum atomic E-state index is 13.7. The molecular weight excluding hydrogens is 494 g/mol. The Kier molecular flexibility index (Phi) is 8.26. The quantitative estimate of drug-likeness (QED) is 0.536. The molecule has 0 spiro atoms. The first-order valence-electron chi connectivity index (χ1n) is 12.6. The Morgan fingerprint density at radius 2 is 1.68 bits per heavy atom. The summed E-state index contributed by atoms with van der Waals surface area (Å²) in [6.07, 6.45) is 5.05. The van der Waals surface area contributed by atoms with Gasteiger partial charge in [-0.15, -0.1) is 0 Å². The van der Waals surface area contributed by atoms with Crippen molar-refractivity contribution in [2.75, 3.05) is 30.3 Å². The van der Waals surface area contributed by atoms with E-state index in [-0.39, 0.29) is 18.5 Å². The van der Waals surface area contributed by atoms with E-state index < -0.39 is 28.5 Å². The van der Waals surface area contributed by atoms with Crippen molar-refractivity contribution in [2.45, 2.75) is 58.2 Å². The molecule has 2 aromatic rings. The van der Waals surface area contributed by atoms with Crippen molar-refractivity contribution in [1.29, 1.82) is 0 Å². The summed E-state index contributed by atoms with van der Waals surface area (Å²) in [6.45, 7) is 4.15. The second kappa shape index (κ2) is 11.4. The zero-order chi connectivity index (χ0) is 26.6. The number of benzene rings is 2. The topological polar surface area (TPSA) is 105 Å². The summed E-state index contributed by atoms with van der Waals surface area (Å²) < 4.78 is 37.8. The molecule has 0 aromatic heterocycles. The molecule has 1 saturated carbocycles. The summed E-state index contributed by atoms with van der Waals surface area (Å²) >= 11 is 0. The van der Waals surface area contributed by atoms with Crippen LogP contribution in [0.5, 0.6) is 11.5 Å². The number of hydrogen-bond acceptors (Lipinski definition) is 6. The maximum absolute atomic E-state index is 13.7. The van der Waals surface area contributed by atoms with Gasteiger partial charge in [-0.3, -0.25) is 13.9 Å². The van der Waals surface area contributed by atoms with Gasteiger partial charge >= 0.3 is 0 Å². The molecule has 1 N–H and O–H groups in total. The minimum absolute atomic E-state index is 0.108. The summed E-state index contributed by atoms with van der Waals surface area (Å²) in [7, 11) is -3.83. The monoisotopic (exact) mass is 529 g/mol. The zero-order valence-electron chi connectivity index (χ0n) is 21.6. The molecule has 200 valence electrons. The van der Waals surface area contributed by atoms with E-state index in [1.54, 1.807) is 25.1 Å². The number of anilines is 1. The number of nitrogens with zero attached hydrogens (tertiary/aromatic N) is 2. The lowest BCUT2D eigenvalue weighted by Gasteiger charge is -2.32. The lowest BCUT2D eigenvalue weighted by atomic mass is 10.1. The number of nitrogens with one attached hydrogen (secondary N) is 1. The Hall–Kier alpha value is -3.27. The SMILES string of the molecule is Cc1ccc(CN(C(=O)CN(c2ccc3c(c2)OCCO3)S(C)(=O)=O)C(C)C(=O)NC2CCCC2)cc1. The van der Waals surface area contributed by atoms with Crippen molar-refractivity contribution in [3.05, 3.63) is 53.6 Å². The first-order chi connectivity index (χ1) is 17.6. The summed E-state index contributed by atoms with van der Waals surface area (Å²) in [6, 6.07) is 11.8. The van der Waals surface area contributed by atoms with E-state index >= 15 is 0 Å². The Bertz CT molecular complexity index is 1230. The van der Waals surface area contributed by atoms with Gasteiger partial charge in [0.15, 0.2) is 11.5 Å². The van der Waals surface area contributed by atoms with Crippen molar-refractivity contribution in [1.82, 2.24) is 10.2 Å². The Morgan fingerprint density at radius 1 is 1.03 bits per heavy atom. The van der Waals surface area contributed by atoms with Crippen LogP contribution in [0, 0.1) is 6.92 Å². The molecule has 2 aromatic carbocycles. The van der Waals surface area contributed by atoms with E-state index in [1.165, 1.54) is 4.90 Å². The molecule has 1 atom stereocenters. The summed E-state index contributed by atoms with van der Waals surface area (Å²) in [4.78, 5) is 28.3. The molecule has 2 aliphatic rings. The van der Waals surface area contributed by atoms with Crippen LogP contribution in [-0.4, -0.2) is 63.2 Å². The van der Waals surface area contributed by atoms with Gasteiger partial charge in [-0.2, -0.15) is 0 Å². The van der Waals surface area contributed by atoms with E-state index in [0.717, 1.165) is 47.4 Å². The molecule has 0 radical (unpaired) electrons. The highest BCUT2D eigenvalue weighted by Crippen LogP contribution is 2.34. The van der Waals surface area contributed by atoms with Gasteiger partial charge in [-0.25, -0.2) is 8.42 Å². The molecule has 2 amide bonds. The van der Waals surface area contributed by atoms with E-state index in [9.17, 15) is 18.0 Å². The van der Waals surface area contributed by atoms with Gasteiger partial charge < -0.3 is 19.7 Å². The predicted molar refractivity (Wildman–Crippen MR) is 141 cm³/mol. The van der Waals surface area contributed by atoms with Gasteiger partial charge in [-0.05, 0) is 44.4 Å². The smallest absolute Gasteiger partial charge is 0.244 e. The number of hydrogen-bond donors (Lipinski definition) is 1. The highest BCUT2D eigenvalue weighted by Gasteiger charge is 2.31. The minimum Gasteiger partial charge on any atom is -0.486 e. The van der Waals surface area contributed by atoms with E-state index in [2.05, 4.69) is 5.32 Å². The molecule has 0 bridgehead atoms. The fraction of sp³-hybridized carbons (Fsp3) is 0.481. The maximum Gasteiger partial charge on any atom is 0.244 e. The highest BCUT2D eigenvalue weighted by atomic mass is 32.2. The molecule has 9 nitrogen and oxygen atoms in total. The van der Waals surface area contributed by atoms with E-state index in [1.807, 2.05) is 31.2 Å². The van der Waals surface area contributed by atoms with Gasteiger partial charge in [0.05, 0.1) is 11.9 Å². The predicted octanol–water partition coefficient (Wildman–Crippen LogP) is 3.01. The number of ether oxygens (including phenoxy) is 2. The van der Waals surface area contributed by atoms with Crippen molar-refractivity contribution in [3.63, 3.8) is 0 Å². The van der Waals surface area contributed by atoms with Gasteiger partial charge in [-0.1, -0.05) is 42.7 Å². The molecular formula is C27H35N3O6S. The zero-order valence-corrected chi connectivity index (χ0v) is 22.4. The molecule has 1 heterocycles. The highest BCUT2D eigenvalue weighted by molar-refractivity contribution is 7.92. The van der Waals surface area contributed by atoms with Gasteiger partial charge in [0, 0.05) is 18.7 Å². The van der Waals surface area contributed by atoms with Crippen molar-refractivity contribution in [2.24, 2.45) is 0 Å². The first kappa shape index (κ1) is 26.8. The number of carbonyl (C=O) groups is 2. The number of rotatable bonds is 9. The Balaban J connectivity index is 1.59. The molecule has 1 aliphatic heterocycles. The molecule has 4 rings (SSSR count). The molecule has 37 heavy (non-hydrogen) atoms.